The van der Waals surface area contributed by atoms with Gasteiger partial charge in [-0.15, -0.1) is 0 Å². The molecule has 1 saturated heterocycles. The zero-order valence-electron chi connectivity index (χ0n) is 8.48. The molecule has 0 amide bonds. The van der Waals surface area contributed by atoms with Gasteiger partial charge in [-0.1, -0.05) is 0 Å². The Bertz CT molecular complexity index is 325. The van der Waals surface area contributed by atoms with Crippen LogP contribution in [0.15, 0.2) is 12.4 Å². The molecule has 2 fully saturated rings. The average molecular weight is 192 g/mol. The average Bonchev–Trinajstić information content (AvgIpc) is 2.81. The van der Waals surface area contributed by atoms with Gasteiger partial charge in [0.05, 0.1) is 24.0 Å². The molecular weight excluding hydrogens is 176 g/mol. The molecule has 76 valence electrons. The minimum Gasteiger partial charge on any atom is -0.367 e. The monoisotopic (exact) mass is 192 g/mol. The topological polar surface area (TPSA) is 33.1 Å². The number of rotatable bonds is 3. The van der Waals surface area contributed by atoms with Crippen molar-refractivity contribution in [3.63, 3.8) is 0 Å². The molecule has 0 radical (unpaired) electrons. The first kappa shape index (κ1) is 8.29. The van der Waals surface area contributed by atoms with Crippen LogP contribution in [0.5, 0.6) is 0 Å². The van der Waals surface area contributed by atoms with E-state index < -0.39 is 0 Å². The third-order valence-corrected chi connectivity index (χ3v) is 3.22. The van der Waals surface area contributed by atoms with E-state index in [4.69, 9.17) is 0 Å². The van der Waals surface area contributed by atoms with Gasteiger partial charge in [-0.25, -0.2) is 0 Å². The summed E-state index contributed by atoms with van der Waals surface area (Å²) < 4.78 is 2.11. The number of hydrogen-bond donors (Lipinski definition) is 1. The Kier molecular flexibility index (Phi) is 1.77. The zero-order chi connectivity index (χ0) is 9.54. The molecule has 2 aliphatic rings. The molecule has 0 bridgehead atoms. The van der Waals surface area contributed by atoms with Crippen LogP contribution in [0.4, 0.5) is 5.69 Å². The summed E-state index contributed by atoms with van der Waals surface area (Å²) in [6, 6.07) is 1.35. The Morgan fingerprint density at radius 3 is 2.86 bits per heavy atom. The molecule has 0 aromatic carbocycles. The molecule has 2 heterocycles. The summed E-state index contributed by atoms with van der Waals surface area (Å²) in [7, 11) is 2.15. The Morgan fingerprint density at radius 1 is 1.50 bits per heavy atom. The minimum atomic E-state index is 0.659. The predicted octanol–water partition coefficient (Wildman–Crippen LogP) is 0.626. The van der Waals surface area contributed by atoms with Crippen LogP contribution in [0.1, 0.15) is 18.9 Å². The summed E-state index contributed by atoms with van der Waals surface area (Å²) in [5.41, 5.74) is 1.25. The van der Waals surface area contributed by atoms with Crippen molar-refractivity contribution in [2.45, 2.75) is 24.9 Å². The van der Waals surface area contributed by atoms with Crippen molar-refractivity contribution in [3.05, 3.63) is 12.4 Å². The molecule has 1 aliphatic heterocycles. The van der Waals surface area contributed by atoms with E-state index in [2.05, 4.69) is 33.2 Å². The number of anilines is 1. The van der Waals surface area contributed by atoms with Gasteiger partial charge in [0, 0.05) is 26.3 Å². The molecule has 3 rings (SSSR count). The lowest BCUT2D eigenvalue weighted by atomic mass is 10.1. The molecule has 1 aliphatic carbocycles. The molecule has 0 atom stereocenters. The van der Waals surface area contributed by atoms with Gasteiger partial charge in [0.25, 0.3) is 0 Å². The Hall–Kier alpha value is -1.03. The highest BCUT2D eigenvalue weighted by molar-refractivity contribution is 5.43. The van der Waals surface area contributed by atoms with Crippen molar-refractivity contribution in [1.29, 1.82) is 0 Å². The van der Waals surface area contributed by atoms with Crippen LogP contribution < -0.4 is 10.2 Å². The molecule has 1 aromatic heterocycles. The fourth-order valence-electron chi connectivity index (χ4n) is 1.81. The largest absolute Gasteiger partial charge is 0.367 e. The smallest absolute Gasteiger partial charge is 0.0753 e. The highest BCUT2D eigenvalue weighted by Gasteiger charge is 2.26. The van der Waals surface area contributed by atoms with Gasteiger partial charge >= 0.3 is 0 Å². The number of aromatic nitrogens is 2. The summed E-state index contributed by atoms with van der Waals surface area (Å²) >= 11 is 0. The number of nitrogens with one attached hydrogen (secondary N) is 1. The molecular formula is C10H16N4. The van der Waals surface area contributed by atoms with Crippen molar-refractivity contribution in [2.75, 3.05) is 25.0 Å². The van der Waals surface area contributed by atoms with Crippen LogP contribution in [0.25, 0.3) is 0 Å². The summed E-state index contributed by atoms with van der Waals surface area (Å²) in [6.45, 7) is 2.20. The van der Waals surface area contributed by atoms with Gasteiger partial charge in [0.2, 0.25) is 0 Å². The maximum atomic E-state index is 4.39. The van der Waals surface area contributed by atoms with E-state index in [1.54, 1.807) is 0 Å². The first-order valence-electron chi connectivity index (χ1n) is 5.32. The Labute approximate surface area is 83.9 Å². The van der Waals surface area contributed by atoms with Crippen molar-refractivity contribution in [3.8, 4) is 0 Å². The van der Waals surface area contributed by atoms with Crippen LogP contribution in [-0.2, 0) is 0 Å². The third-order valence-electron chi connectivity index (χ3n) is 3.22. The molecule has 0 spiro atoms. The lowest BCUT2D eigenvalue weighted by Gasteiger charge is -2.36. The molecule has 1 aromatic rings. The zero-order valence-corrected chi connectivity index (χ0v) is 8.48. The normalized spacial score (nSPS) is 22.1. The molecule has 0 unspecified atom stereocenters. The summed E-state index contributed by atoms with van der Waals surface area (Å²) in [5.74, 6) is 0. The summed E-state index contributed by atoms with van der Waals surface area (Å²) in [4.78, 5) is 2.32. The number of likely N-dealkylation sites (N-methyl/N-ethyl adjacent to an activating group) is 1. The van der Waals surface area contributed by atoms with Crippen LogP contribution in [-0.4, -0.2) is 36.0 Å². The van der Waals surface area contributed by atoms with Crippen LogP contribution in [0.2, 0.25) is 0 Å². The first-order chi connectivity index (χ1) is 6.84. The second-order valence-electron chi connectivity index (χ2n) is 4.33. The van der Waals surface area contributed by atoms with E-state index >= 15 is 0 Å². The standard InChI is InChI=1S/C10H16N4/c1-13(9-4-11-5-9)10-6-12-14(7-10)8-2-3-8/h6-9,11H,2-5H2,1H3. The predicted molar refractivity (Wildman–Crippen MR) is 55.6 cm³/mol. The molecule has 4 nitrogen and oxygen atoms in total. The SMILES string of the molecule is CN(c1cnn(C2CC2)c1)C1CNC1. The quantitative estimate of drug-likeness (QED) is 0.762. The van der Waals surface area contributed by atoms with Crippen molar-refractivity contribution < 1.29 is 0 Å². The third kappa shape index (κ3) is 1.30. The Morgan fingerprint density at radius 2 is 2.29 bits per heavy atom. The molecule has 14 heavy (non-hydrogen) atoms. The highest BCUT2D eigenvalue weighted by atomic mass is 15.3. The number of hydrogen-bond acceptors (Lipinski definition) is 3. The van der Waals surface area contributed by atoms with Crippen molar-refractivity contribution >= 4 is 5.69 Å². The fraction of sp³-hybridized carbons (Fsp3) is 0.700. The first-order valence-corrected chi connectivity index (χ1v) is 5.32. The van der Waals surface area contributed by atoms with Crippen LogP contribution >= 0.6 is 0 Å². The second kappa shape index (κ2) is 2.98. The van der Waals surface area contributed by atoms with Gasteiger partial charge in [0.15, 0.2) is 0 Å². The fourth-order valence-corrected chi connectivity index (χ4v) is 1.81. The molecule has 4 heteroatoms. The lowest BCUT2D eigenvalue weighted by molar-refractivity contribution is 0.428. The van der Waals surface area contributed by atoms with Crippen LogP contribution in [0, 0.1) is 0 Å². The second-order valence-corrected chi connectivity index (χ2v) is 4.33. The van der Waals surface area contributed by atoms with E-state index in [9.17, 15) is 0 Å². The maximum Gasteiger partial charge on any atom is 0.0753 e. The van der Waals surface area contributed by atoms with Gasteiger partial charge in [-0.3, -0.25) is 4.68 Å². The highest BCUT2D eigenvalue weighted by Crippen LogP contribution is 2.35. The maximum absolute atomic E-state index is 4.39. The van der Waals surface area contributed by atoms with Gasteiger partial charge in [-0.2, -0.15) is 5.10 Å². The minimum absolute atomic E-state index is 0.659. The Balaban J connectivity index is 1.74. The molecule has 1 saturated carbocycles. The van der Waals surface area contributed by atoms with E-state index in [0.717, 1.165) is 13.1 Å². The van der Waals surface area contributed by atoms with Gasteiger partial charge < -0.3 is 10.2 Å². The van der Waals surface area contributed by atoms with Crippen LogP contribution in [0.3, 0.4) is 0 Å². The molecule has 1 N–H and O–H groups in total. The number of nitrogens with zero attached hydrogens (tertiary/aromatic N) is 3. The van der Waals surface area contributed by atoms with E-state index in [-0.39, 0.29) is 0 Å². The van der Waals surface area contributed by atoms with Crippen molar-refractivity contribution in [2.24, 2.45) is 0 Å². The van der Waals surface area contributed by atoms with E-state index in [1.807, 2.05) is 6.20 Å². The van der Waals surface area contributed by atoms with Gasteiger partial charge in [-0.05, 0) is 12.8 Å². The van der Waals surface area contributed by atoms with Crippen molar-refractivity contribution in [1.82, 2.24) is 15.1 Å². The van der Waals surface area contributed by atoms with Gasteiger partial charge in [0.1, 0.15) is 0 Å². The van der Waals surface area contributed by atoms with E-state index in [0.29, 0.717) is 12.1 Å². The summed E-state index contributed by atoms with van der Waals surface area (Å²) in [6.07, 6.45) is 6.76. The lowest BCUT2D eigenvalue weighted by Crippen LogP contribution is -2.56. The van der Waals surface area contributed by atoms with E-state index in [1.165, 1.54) is 18.5 Å². The summed E-state index contributed by atoms with van der Waals surface area (Å²) in [5, 5.41) is 7.68.